The van der Waals surface area contributed by atoms with Crippen LogP contribution in [0.5, 0.6) is 11.5 Å². The van der Waals surface area contributed by atoms with Gasteiger partial charge >= 0.3 is 0 Å². The zero-order valence-electron chi connectivity index (χ0n) is 12.2. The molecule has 0 amide bonds. The fourth-order valence-electron chi connectivity index (χ4n) is 1.90. The van der Waals surface area contributed by atoms with Crippen LogP contribution in [0.15, 0.2) is 59.5 Å². The Bertz CT molecular complexity index is 989. The zero-order chi connectivity index (χ0) is 17.9. The summed E-state index contributed by atoms with van der Waals surface area (Å²) in [5, 5.41) is 19.9. The average molecular weight is 368 g/mol. The lowest BCUT2D eigenvalue weighted by atomic mass is 10.1. The number of halogens is 1. The van der Waals surface area contributed by atoms with Gasteiger partial charge in [-0.15, -0.1) is 0 Å². The Kier molecular flexibility index (Phi) is 5.18. The minimum Gasteiger partial charge on any atom is -0.508 e. The molecule has 8 heteroatoms. The summed E-state index contributed by atoms with van der Waals surface area (Å²) < 4.78 is 30.5. The van der Waals surface area contributed by atoms with Crippen molar-refractivity contribution < 1.29 is 23.2 Å². The number of phenolic OH excluding ortho intramolecular Hbond substituents is 2. The van der Waals surface area contributed by atoms with Gasteiger partial charge < -0.3 is 15.9 Å². The van der Waals surface area contributed by atoms with E-state index in [0.717, 1.165) is 0 Å². The number of benzene rings is 3. The van der Waals surface area contributed by atoms with E-state index in [9.17, 15) is 13.5 Å². The quantitative estimate of drug-likeness (QED) is 0.297. The number of anilines is 1. The second kappa shape index (κ2) is 6.96. The molecule has 5 N–H and O–H groups in total. The highest BCUT2D eigenvalue weighted by Gasteiger charge is 2.09. The van der Waals surface area contributed by atoms with Crippen LogP contribution in [0.1, 0.15) is 0 Å². The molecule has 3 aromatic carbocycles. The average Bonchev–Trinajstić information content (AvgIpc) is 2.50. The predicted octanol–water partition coefficient (Wildman–Crippen LogP) is 3.42. The molecular weight excluding hydrogens is 354 g/mol. The molecule has 0 aliphatic rings. The van der Waals surface area contributed by atoms with Crippen molar-refractivity contribution in [3.05, 3.63) is 59.6 Å². The van der Waals surface area contributed by atoms with Crippen LogP contribution in [0.3, 0.4) is 0 Å². The van der Waals surface area contributed by atoms with Crippen LogP contribution < -0.4 is 5.73 Å². The van der Waals surface area contributed by atoms with E-state index >= 15 is 0 Å². The first-order chi connectivity index (χ1) is 11.2. The molecule has 6 nitrogen and oxygen atoms in total. The Labute approximate surface area is 143 Å². The molecule has 0 aliphatic heterocycles. The van der Waals surface area contributed by atoms with E-state index in [1.807, 2.05) is 0 Å². The van der Waals surface area contributed by atoms with E-state index in [4.69, 9.17) is 27.0 Å². The third-order valence-electron chi connectivity index (χ3n) is 3.08. The van der Waals surface area contributed by atoms with Crippen molar-refractivity contribution in [2.75, 3.05) is 5.73 Å². The second-order valence-electron chi connectivity index (χ2n) is 4.87. The highest BCUT2D eigenvalue weighted by Crippen LogP contribution is 2.23. The monoisotopic (exact) mass is 367 g/mol. The molecule has 0 radical (unpaired) electrons. The minimum absolute atomic E-state index is 0.0689. The molecule has 0 saturated carbocycles. The van der Waals surface area contributed by atoms with Gasteiger partial charge in [0.25, 0.3) is 10.1 Å². The van der Waals surface area contributed by atoms with Crippen molar-refractivity contribution in [2.45, 2.75) is 4.90 Å². The Hall–Kier alpha value is -2.48. The molecule has 0 heterocycles. The lowest BCUT2D eigenvalue weighted by Gasteiger charge is -2.01. The lowest BCUT2D eigenvalue weighted by Crippen LogP contribution is -1.97. The normalized spacial score (nSPS) is 10.9. The fourth-order valence-corrected chi connectivity index (χ4v) is 2.59. The summed E-state index contributed by atoms with van der Waals surface area (Å²) in [6.07, 6.45) is 0. The molecule has 0 spiro atoms. The van der Waals surface area contributed by atoms with E-state index < -0.39 is 10.1 Å². The minimum atomic E-state index is -4.17. The van der Waals surface area contributed by atoms with Gasteiger partial charge in [-0.2, -0.15) is 8.42 Å². The Balaban J connectivity index is 0.000000198. The van der Waals surface area contributed by atoms with Crippen LogP contribution in [-0.4, -0.2) is 23.2 Å². The summed E-state index contributed by atoms with van der Waals surface area (Å²) >= 11 is 5.53. The summed E-state index contributed by atoms with van der Waals surface area (Å²) in [6.45, 7) is 0. The highest BCUT2D eigenvalue weighted by molar-refractivity contribution is 7.85. The Morgan fingerprint density at radius 1 is 0.875 bits per heavy atom. The van der Waals surface area contributed by atoms with Crippen molar-refractivity contribution >= 4 is 38.2 Å². The number of aromatic hydroxyl groups is 2. The van der Waals surface area contributed by atoms with E-state index in [-0.39, 0.29) is 16.4 Å². The van der Waals surface area contributed by atoms with Gasteiger partial charge in [0, 0.05) is 5.02 Å². The first kappa shape index (κ1) is 17.9. The number of fused-ring (bicyclic) bond motifs is 1. The van der Waals surface area contributed by atoms with Gasteiger partial charge in [-0.1, -0.05) is 23.7 Å². The first-order valence-corrected chi connectivity index (χ1v) is 8.43. The molecule has 24 heavy (non-hydrogen) atoms. The van der Waals surface area contributed by atoms with Crippen LogP contribution in [0, 0.1) is 0 Å². The van der Waals surface area contributed by atoms with Crippen molar-refractivity contribution in [2.24, 2.45) is 0 Å². The molecule has 0 atom stereocenters. The van der Waals surface area contributed by atoms with Gasteiger partial charge in [0.1, 0.15) is 11.5 Å². The number of nitrogens with two attached hydrogens (primary N) is 1. The molecule has 0 fully saturated rings. The third kappa shape index (κ3) is 4.51. The number of hydrogen-bond donors (Lipinski definition) is 4. The van der Waals surface area contributed by atoms with Gasteiger partial charge in [-0.3, -0.25) is 4.55 Å². The molecule has 0 unspecified atom stereocenters. The number of rotatable bonds is 1. The first-order valence-electron chi connectivity index (χ1n) is 6.61. The number of nitrogen functional groups attached to an aromatic ring is 1. The second-order valence-corrected chi connectivity index (χ2v) is 6.73. The SMILES string of the molecule is Nc1cc(Cl)ccc1O.O=S(=O)(O)c1ccc2cc(O)ccc2c1. The Morgan fingerprint density at radius 2 is 1.50 bits per heavy atom. The van der Waals surface area contributed by atoms with E-state index in [2.05, 4.69) is 0 Å². The maximum absolute atomic E-state index is 10.8. The van der Waals surface area contributed by atoms with Crippen molar-refractivity contribution in [3.63, 3.8) is 0 Å². The van der Waals surface area contributed by atoms with Crippen LogP contribution in [0.25, 0.3) is 10.8 Å². The molecule has 3 aromatic rings. The molecule has 0 saturated heterocycles. The van der Waals surface area contributed by atoms with Crippen molar-refractivity contribution in [1.82, 2.24) is 0 Å². The fraction of sp³-hybridized carbons (Fsp3) is 0. The van der Waals surface area contributed by atoms with E-state index in [1.54, 1.807) is 12.1 Å². The largest absolute Gasteiger partial charge is 0.508 e. The van der Waals surface area contributed by atoms with Crippen molar-refractivity contribution in [3.8, 4) is 11.5 Å². The number of phenols is 2. The van der Waals surface area contributed by atoms with Crippen LogP contribution in [0.2, 0.25) is 5.02 Å². The Morgan fingerprint density at radius 3 is 2.08 bits per heavy atom. The molecule has 0 aliphatic carbocycles. The topological polar surface area (TPSA) is 121 Å². The van der Waals surface area contributed by atoms with Crippen LogP contribution >= 0.6 is 11.6 Å². The van der Waals surface area contributed by atoms with Gasteiger partial charge in [-0.25, -0.2) is 0 Å². The molecule has 126 valence electrons. The lowest BCUT2D eigenvalue weighted by molar-refractivity contribution is 0.476. The summed E-state index contributed by atoms with van der Waals surface area (Å²) in [6, 6.07) is 13.2. The van der Waals surface area contributed by atoms with Gasteiger partial charge in [0.2, 0.25) is 0 Å². The van der Waals surface area contributed by atoms with Gasteiger partial charge in [-0.05, 0) is 53.2 Å². The summed E-state index contributed by atoms with van der Waals surface area (Å²) in [7, 11) is -4.17. The standard InChI is InChI=1S/C10H8O4S.C6H6ClNO/c11-9-3-1-8-6-10(15(12,13)14)4-2-7(8)5-9;7-4-1-2-6(9)5(8)3-4/h1-6,11H,(H,12,13,14);1-3,9H,8H2. The van der Waals surface area contributed by atoms with Crippen LogP contribution in [0.4, 0.5) is 5.69 Å². The molecular formula is C16H14ClNO5S. The van der Waals surface area contributed by atoms with Crippen molar-refractivity contribution in [1.29, 1.82) is 0 Å². The molecule has 3 rings (SSSR count). The van der Waals surface area contributed by atoms with Crippen LogP contribution in [-0.2, 0) is 10.1 Å². The maximum Gasteiger partial charge on any atom is 0.294 e. The maximum atomic E-state index is 10.8. The summed E-state index contributed by atoms with van der Waals surface area (Å²) in [5.74, 6) is 0.182. The third-order valence-corrected chi connectivity index (χ3v) is 4.17. The molecule has 0 aromatic heterocycles. The predicted molar refractivity (Wildman–Crippen MR) is 93.0 cm³/mol. The van der Waals surface area contributed by atoms with Gasteiger partial charge in [0.15, 0.2) is 0 Å². The zero-order valence-corrected chi connectivity index (χ0v) is 13.8. The highest BCUT2D eigenvalue weighted by atomic mass is 35.5. The molecule has 0 bridgehead atoms. The van der Waals surface area contributed by atoms with E-state index in [1.165, 1.54) is 42.5 Å². The number of hydrogen-bond acceptors (Lipinski definition) is 5. The van der Waals surface area contributed by atoms with E-state index in [0.29, 0.717) is 21.5 Å². The summed E-state index contributed by atoms with van der Waals surface area (Å²) in [4.78, 5) is -0.152. The summed E-state index contributed by atoms with van der Waals surface area (Å²) in [5.41, 5.74) is 5.59. The smallest absolute Gasteiger partial charge is 0.294 e. The van der Waals surface area contributed by atoms with Gasteiger partial charge in [0.05, 0.1) is 10.6 Å².